The van der Waals surface area contributed by atoms with E-state index in [-0.39, 0.29) is 5.92 Å². The number of rotatable bonds is 9. The minimum atomic E-state index is -0.191. The second-order valence-electron chi connectivity index (χ2n) is 7.87. The average Bonchev–Trinajstić information content (AvgIpc) is 2.78. The van der Waals surface area contributed by atoms with Crippen LogP contribution in [0.15, 0.2) is 64.4 Å². The molecule has 1 aliphatic heterocycles. The molecule has 1 heterocycles. The third kappa shape index (κ3) is 7.93. The van der Waals surface area contributed by atoms with Gasteiger partial charge in [0, 0.05) is 42.6 Å². The van der Waals surface area contributed by atoms with E-state index in [0.29, 0.717) is 11.8 Å². The molecule has 0 spiro atoms. The Balaban J connectivity index is 2.06. The van der Waals surface area contributed by atoms with Gasteiger partial charge in [-0.3, -0.25) is 9.98 Å². The first-order chi connectivity index (χ1) is 15.5. The molecule has 1 unspecified atom stereocenters. The van der Waals surface area contributed by atoms with Gasteiger partial charge in [-0.15, -0.1) is 0 Å². The van der Waals surface area contributed by atoms with Crippen molar-refractivity contribution in [3.05, 3.63) is 60.0 Å². The van der Waals surface area contributed by atoms with Crippen molar-refractivity contribution in [3.8, 4) is 0 Å². The quantitative estimate of drug-likeness (QED) is 0.210. The van der Waals surface area contributed by atoms with Crippen LogP contribution in [0.1, 0.15) is 52.5 Å². The Kier molecular flexibility index (Phi) is 10.6. The fraction of sp³-hybridized carbons (Fsp3) is 0.423. The highest BCUT2D eigenvalue weighted by Gasteiger charge is 2.12. The second kappa shape index (κ2) is 13.4. The molecule has 0 amide bonds. The topological polar surface area (TPSA) is 95.9 Å². The minimum Gasteiger partial charge on any atom is -0.398 e. The Morgan fingerprint density at radius 3 is 2.62 bits per heavy atom. The van der Waals surface area contributed by atoms with Crippen molar-refractivity contribution in [3.63, 3.8) is 0 Å². The lowest BCUT2D eigenvalue weighted by molar-refractivity contribution is 0.0870. The van der Waals surface area contributed by atoms with Crippen molar-refractivity contribution in [1.82, 2.24) is 5.32 Å². The van der Waals surface area contributed by atoms with E-state index < -0.39 is 0 Å². The highest BCUT2D eigenvalue weighted by atomic mass is 16.5. The number of nitrogens with two attached hydrogens (primary N) is 1. The maximum atomic E-state index is 8.09. The standard InChI is InChI=1S/C26H37N5O/c1-5-21(24(6-2)25-9-7-8-10-26(25)28)17-29-18-22(19(3)27)11-14-30-20(4)31-23-12-15-32-16-13-23/h6-11,14,17-18,22-23,27H,5,12-13,15-16,28H2,1-4H3,(H,30,31)/b14-11?,21-17+,24-6-,27-19?,29-18?. The molecule has 2 rings (SSSR count). The summed E-state index contributed by atoms with van der Waals surface area (Å²) in [5.41, 5.74) is 10.7. The number of hydrogen-bond acceptors (Lipinski definition) is 5. The number of benzene rings is 1. The predicted molar refractivity (Wildman–Crippen MR) is 137 cm³/mol. The number of aliphatic imine (C=N–C) groups is 2. The summed E-state index contributed by atoms with van der Waals surface area (Å²) in [4.78, 5) is 9.25. The molecule has 1 atom stereocenters. The lowest BCUT2D eigenvalue weighted by atomic mass is 9.95. The Morgan fingerprint density at radius 2 is 2.00 bits per heavy atom. The van der Waals surface area contributed by atoms with Gasteiger partial charge < -0.3 is 21.2 Å². The van der Waals surface area contributed by atoms with Crippen molar-refractivity contribution in [2.45, 2.75) is 53.0 Å². The summed E-state index contributed by atoms with van der Waals surface area (Å²) >= 11 is 0. The summed E-state index contributed by atoms with van der Waals surface area (Å²) in [7, 11) is 0. The molecular weight excluding hydrogens is 398 g/mol. The first kappa shape index (κ1) is 25.3. The van der Waals surface area contributed by atoms with Gasteiger partial charge in [0.05, 0.1) is 17.8 Å². The van der Waals surface area contributed by atoms with Gasteiger partial charge in [-0.1, -0.05) is 37.3 Å². The molecule has 1 saturated heterocycles. The zero-order valence-electron chi connectivity index (χ0n) is 19.8. The van der Waals surface area contributed by atoms with Crippen LogP contribution in [0, 0.1) is 11.3 Å². The molecule has 1 aliphatic rings. The van der Waals surface area contributed by atoms with Gasteiger partial charge in [0.25, 0.3) is 0 Å². The molecule has 172 valence electrons. The number of para-hydroxylation sites is 1. The maximum Gasteiger partial charge on any atom is 0.0974 e. The van der Waals surface area contributed by atoms with E-state index in [4.69, 9.17) is 20.9 Å². The van der Waals surface area contributed by atoms with E-state index in [1.54, 1.807) is 13.1 Å². The van der Waals surface area contributed by atoms with Crippen LogP contribution in [-0.4, -0.2) is 37.0 Å². The van der Waals surface area contributed by atoms with E-state index >= 15 is 0 Å². The number of allylic oxidation sites excluding steroid dienone is 4. The van der Waals surface area contributed by atoms with E-state index in [1.807, 2.05) is 56.6 Å². The van der Waals surface area contributed by atoms with Crippen LogP contribution in [0.4, 0.5) is 5.69 Å². The summed E-state index contributed by atoms with van der Waals surface area (Å²) in [6.45, 7) is 9.43. The fourth-order valence-corrected chi connectivity index (χ4v) is 3.54. The number of ether oxygens (including phenoxy) is 1. The van der Waals surface area contributed by atoms with Gasteiger partial charge >= 0.3 is 0 Å². The molecular formula is C26H37N5O. The number of amidine groups is 1. The van der Waals surface area contributed by atoms with Gasteiger partial charge in [0.15, 0.2) is 0 Å². The molecule has 0 saturated carbocycles. The molecule has 6 heteroatoms. The van der Waals surface area contributed by atoms with Crippen LogP contribution in [0.5, 0.6) is 0 Å². The molecule has 4 N–H and O–H groups in total. The molecule has 32 heavy (non-hydrogen) atoms. The number of nitrogens with zero attached hydrogens (tertiary/aromatic N) is 2. The summed E-state index contributed by atoms with van der Waals surface area (Å²) in [6, 6.07) is 8.19. The molecule has 0 bridgehead atoms. The first-order valence-corrected chi connectivity index (χ1v) is 11.3. The highest BCUT2D eigenvalue weighted by molar-refractivity contribution is 5.97. The first-order valence-electron chi connectivity index (χ1n) is 11.3. The van der Waals surface area contributed by atoms with Gasteiger partial charge in [-0.25, -0.2) is 0 Å². The van der Waals surface area contributed by atoms with Crippen molar-refractivity contribution in [1.29, 1.82) is 5.41 Å². The summed E-state index contributed by atoms with van der Waals surface area (Å²) in [6.07, 6.45) is 12.3. The Morgan fingerprint density at radius 1 is 1.28 bits per heavy atom. The van der Waals surface area contributed by atoms with Crippen LogP contribution < -0.4 is 11.1 Å². The number of anilines is 1. The Bertz CT molecular complexity index is 905. The Labute approximate surface area is 192 Å². The third-order valence-electron chi connectivity index (χ3n) is 5.41. The molecule has 0 aromatic heterocycles. The van der Waals surface area contributed by atoms with E-state index in [2.05, 4.69) is 23.3 Å². The normalized spacial score (nSPS) is 17.8. The zero-order valence-corrected chi connectivity index (χ0v) is 19.8. The predicted octanol–water partition coefficient (Wildman–Crippen LogP) is 5.39. The van der Waals surface area contributed by atoms with Crippen LogP contribution in [-0.2, 0) is 4.74 Å². The third-order valence-corrected chi connectivity index (χ3v) is 5.41. The van der Waals surface area contributed by atoms with Gasteiger partial charge in [-0.05, 0) is 63.4 Å². The van der Waals surface area contributed by atoms with Crippen LogP contribution >= 0.6 is 0 Å². The summed E-state index contributed by atoms with van der Waals surface area (Å²) in [5.74, 6) is 0.682. The van der Waals surface area contributed by atoms with Crippen LogP contribution in [0.3, 0.4) is 0 Å². The molecule has 0 aliphatic carbocycles. The largest absolute Gasteiger partial charge is 0.398 e. The lowest BCUT2D eigenvalue weighted by Gasteiger charge is -2.19. The number of hydrogen-bond donors (Lipinski definition) is 3. The van der Waals surface area contributed by atoms with E-state index in [0.717, 1.165) is 60.7 Å². The van der Waals surface area contributed by atoms with Gasteiger partial charge in [0.2, 0.25) is 0 Å². The molecule has 1 aromatic rings. The zero-order chi connectivity index (χ0) is 23.3. The number of nitrogens with one attached hydrogen (secondary N) is 2. The van der Waals surface area contributed by atoms with E-state index in [9.17, 15) is 0 Å². The summed E-state index contributed by atoms with van der Waals surface area (Å²) < 4.78 is 5.38. The van der Waals surface area contributed by atoms with Crippen molar-refractivity contribution >= 4 is 29.0 Å². The van der Waals surface area contributed by atoms with Crippen LogP contribution in [0.2, 0.25) is 0 Å². The average molecular weight is 436 g/mol. The smallest absolute Gasteiger partial charge is 0.0974 e. The molecule has 0 radical (unpaired) electrons. The monoisotopic (exact) mass is 435 g/mol. The number of nitrogen functional groups attached to an aromatic ring is 1. The van der Waals surface area contributed by atoms with Crippen molar-refractivity contribution in [2.75, 3.05) is 18.9 Å². The minimum absolute atomic E-state index is 0.191. The summed E-state index contributed by atoms with van der Waals surface area (Å²) in [5, 5.41) is 11.3. The maximum absolute atomic E-state index is 8.09. The van der Waals surface area contributed by atoms with Gasteiger partial charge in [0.1, 0.15) is 0 Å². The van der Waals surface area contributed by atoms with Crippen molar-refractivity contribution in [2.24, 2.45) is 15.9 Å². The van der Waals surface area contributed by atoms with Crippen LogP contribution in [0.25, 0.3) is 5.57 Å². The Hall–Kier alpha value is -2.99. The lowest BCUT2D eigenvalue weighted by Crippen LogP contribution is -2.23. The fourth-order valence-electron chi connectivity index (χ4n) is 3.54. The molecule has 1 fully saturated rings. The molecule has 6 nitrogen and oxygen atoms in total. The van der Waals surface area contributed by atoms with Crippen molar-refractivity contribution < 1.29 is 4.74 Å². The second-order valence-corrected chi connectivity index (χ2v) is 7.87. The van der Waals surface area contributed by atoms with E-state index in [1.165, 1.54) is 0 Å². The van der Waals surface area contributed by atoms with Gasteiger partial charge in [-0.2, -0.15) is 0 Å². The molecule has 1 aromatic carbocycles. The SMILES string of the molecule is C/C=C(/C(=C/N=CC(C=CNC(C)=NC1CCOCC1)C(C)=N)CC)c1ccccc1N. The highest BCUT2D eigenvalue weighted by Crippen LogP contribution is 2.29.